The molecule has 1 atom stereocenters. The first-order valence-corrected chi connectivity index (χ1v) is 7.35. The molecule has 0 amide bonds. The summed E-state index contributed by atoms with van der Waals surface area (Å²) in [6.07, 6.45) is 9.11. The lowest BCUT2D eigenvalue weighted by Crippen LogP contribution is -2.57. The average molecular weight is 220 g/mol. The largest absolute Gasteiger partial charge is 0.315 e. The summed E-state index contributed by atoms with van der Waals surface area (Å²) in [6, 6.07) is 1.67. The van der Waals surface area contributed by atoms with E-state index in [1.807, 2.05) is 0 Å². The molecule has 16 heavy (non-hydrogen) atoms. The van der Waals surface area contributed by atoms with Crippen LogP contribution in [0, 0.1) is 23.7 Å². The summed E-state index contributed by atoms with van der Waals surface area (Å²) in [5, 5.41) is 7.48. The van der Waals surface area contributed by atoms with E-state index in [9.17, 15) is 0 Å². The van der Waals surface area contributed by atoms with E-state index < -0.39 is 0 Å². The lowest BCUT2D eigenvalue weighted by atomic mass is 9.54. The first-order chi connectivity index (χ1) is 7.88. The van der Waals surface area contributed by atoms with E-state index in [1.165, 1.54) is 19.5 Å². The highest BCUT2D eigenvalue weighted by Crippen LogP contribution is 2.53. The minimum absolute atomic E-state index is 0.780. The lowest BCUT2D eigenvalue weighted by molar-refractivity contribution is -0.0169. The van der Waals surface area contributed by atoms with Crippen LogP contribution < -0.4 is 10.6 Å². The molecule has 0 spiro atoms. The molecule has 2 N–H and O–H groups in total. The summed E-state index contributed by atoms with van der Waals surface area (Å²) in [6.45, 7) is 2.44. The zero-order valence-electron chi connectivity index (χ0n) is 10.1. The van der Waals surface area contributed by atoms with Crippen molar-refractivity contribution in [1.82, 2.24) is 10.6 Å². The van der Waals surface area contributed by atoms with Crippen LogP contribution in [0.3, 0.4) is 0 Å². The average Bonchev–Trinajstić information content (AvgIpc) is 2.75. The maximum atomic E-state index is 4.00. The molecule has 0 aromatic carbocycles. The molecule has 5 rings (SSSR count). The fourth-order valence-electron chi connectivity index (χ4n) is 5.27. The van der Waals surface area contributed by atoms with Gasteiger partial charge >= 0.3 is 0 Å². The Balaban J connectivity index is 1.47. The Bertz CT molecular complexity index is 242. The second-order valence-electron chi connectivity index (χ2n) is 6.81. The van der Waals surface area contributed by atoms with Gasteiger partial charge in [0.25, 0.3) is 0 Å². The van der Waals surface area contributed by atoms with Crippen LogP contribution in [-0.4, -0.2) is 25.2 Å². The van der Waals surface area contributed by atoms with E-state index in [1.54, 1.807) is 32.1 Å². The minimum atomic E-state index is 0.780. The second-order valence-corrected chi connectivity index (χ2v) is 6.81. The molecule has 0 aromatic heterocycles. The van der Waals surface area contributed by atoms with Crippen molar-refractivity contribution in [2.24, 2.45) is 23.7 Å². The maximum Gasteiger partial charge on any atom is 0.0207 e. The summed E-state index contributed by atoms with van der Waals surface area (Å²) in [5.41, 5.74) is 0. The molecule has 90 valence electrons. The van der Waals surface area contributed by atoms with Gasteiger partial charge in [0.2, 0.25) is 0 Å². The minimum Gasteiger partial charge on any atom is -0.315 e. The summed E-state index contributed by atoms with van der Waals surface area (Å²) < 4.78 is 0. The molecule has 4 bridgehead atoms. The van der Waals surface area contributed by atoms with E-state index in [0.717, 1.165) is 35.8 Å². The van der Waals surface area contributed by atoms with Crippen molar-refractivity contribution < 1.29 is 0 Å². The molecule has 1 saturated heterocycles. The van der Waals surface area contributed by atoms with E-state index in [-0.39, 0.29) is 0 Å². The van der Waals surface area contributed by atoms with Gasteiger partial charge in [-0.1, -0.05) is 0 Å². The highest BCUT2D eigenvalue weighted by molar-refractivity contribution is 5.02. The summed E-state index contributed by atoms with van der Waals surface area (Å²) in [7, 11) is 0. The molecule has 1 unspecified atom stereocenters. The van der Waals surface area contributed by atoms with Crippen molar-refractivity contribution in [3.05, 3.63) is 0 Å². The van der Waals surface area contributed by atoms with Crippen LogP contribution in [0.5, 0.6) is 0 Å². The van der Waals surface area contributed by atoms with Crippen molar-refractivity contribution in [3.8, 4) is 0 Å². The number of hydrogen-bond donors (Lipinski definition) is 2. The van der Waals surface area contributed by atoms with Crippen LogP contribution in [0.1, 0.15) is 38.5 Å². The molecule has 1 aliphatic heterocycles. The number of nitrogens with one attached hydrogen (secondary N) is 2. The van der Waals surface area contributed by atoms with Crippen molar-refractivity contribution in [2.45, 2.75) is 50.6 Å². The third-order valence-electron chi connectivity index (χ3n) is 5.72. The molecule has 0 radical (unpaired) electrons. The molecule has 4 saturated carbocycles. The van der Waals surface area contributed by atoms with E-state index >= 15 is 0 Å². The molecule has 0 aromatic rings. The standard InChI is InChI=1S/C14H24N2/c1-2-15-8-13(1)16-14-11-4-9-3-10(6-11)7-12(14)5-9/h9-16H,1-8H2. The van der Waals surface area contributed by atoms with Crippen LogP contribution in [0.2, 0.25) is 0 Å². The van der Waals surface area contributed by atoms with Gasteiger partial charge in [-0.2, -0.15) is 0 Å². The molecule has 5 fully saturated rings. The molecular weight excluding hydrogens is 196 g/mol. The first-order valence-electron chi connectivity index (χ1n) is 7.35. The monoisotopic (exact) mass is 220 g/mol. The lowest BCUT2D eigenvalue weighted by Gasteiger charge is -2.55. The van der Waals surface area contributed by atoms with Gasteiger partial charge in [0.15, 0.2) is 0 Å². The van der Waals surface area contributed by atoms with Gasteiger partial charge < -0.3 is 10.6 Å². The van der Waals surface area contributed by atoms with Gasteiger partial charge in [0, 0.05) is 18.6 Å². The second kappa shape index (κ2) is 3.71. The van der Waals surface area contributed by atoms with E-state index in [4.69, 9.17) is 0 Å². The quantitative estimate of drug-likeness (QED) is 0.741. The number of hydrogen-bond acceptors (Lipinski definition) is 2. The summed E-state index contributed by atoms with van der Waals surface area (Å²) in [5.74, 6) is 4.30. The van der Waals surface area contributed by atoms with Gasteiger partial charge in [-0.3, -0.25) is 0 Å². The molecule has 1 heterocycles. The Morgan fingerprint density at radius 1 is 0.875 bits per heavy atom. The Morgan fingerprint density at radius 2 is 1.56 bits per heavy atom. The van der Waals surface area contributed by atoms with Crippen molar-refractivity contribution in [3.63, 3.8) is 0 Å². The highest BCUT2D eigenvalue weighted by Gasteiger charge is 2.48. The molecule has 4 aliphatic carbocycles. The van der Waals surface area contributed by atoms with E-state index in [2.05, 4.69) is 10.6 Å². The van der Waals surface area contributed by atoms with Crippen molar-refractivity contribution in [1.29, 1.82) is 0 Å². The Hall–Kier alpha value is -0.0800. The van der Waals surface area contributed by atoms with Gasteiger partial charge in [-0.05, 0) is 68.7 Å². The van der Waals surface area contributed by atoms with Crippen LogP contribution in [0.15, 0.2) is 0 Å². The van der Waals surface area contributed by atoms with Crippen molar-refractivity contribution in [2.75, 3.05) is 13.1 Å². The molecule has 5 aliphatic rings. The zero-order chi connectivity index (χ0) is 10.5. The van der Waals surface area contributed by atoms with E-state index in [0.29, 0.717) is 0 Å². The molecule has 2 heteroatoms. The Morgan fingerprint density at radius 3 is 2.12 bits per heavy atom. The van der Waals surface area contributed by atoms with Gasteiger partial charge in [0.05, 0.1) is 0 Å². The topological polar surface area (TPSA) is 24.1 Å². The summed E-state index contributed by atoms with van der Waals surface area (Å²) in [4.78, 5) is 0. The Kier molecular flexibility index (Phi) is 2.29. The molecular formula is C14H24N2. The van der Waals surface area contributed by atoms with Crippen molar-refractivity contribution >= 4 is 0 Å². The fraction of sp³-hybridized carbons (Fsp3) is 1.00. The third kappa shape index (κ3) is 1.53. The highest BCUT2D eigenvalue weighted by atomic mass is 15.1. The summed E-state index contributed by atoms with van der Waals surface area (Å²) >= 11 is 0. The zero-order valence-corrected chi connectivity index (χ0v) is 10.1. The van der Waals surface area contributed by atoms with Gasteiger partial charge in [-0.25, -0.2) is 0 Å². The fourth-order valence-corrected chi connectivity index (χ4v) is 5.27. The van der Waals surface area contributed by atoms with Crippen LogP contribution in [0.25, 0.3) is 0 Å². The van der Waals surface area contributed by atoms with Crippen LogP contribution in [0.4, 0.5) is 0 Å². The van der Waals surface area contributed by atoms with Gasteiger partial charge in [0.1, 0.15) is 0 Å². The predicted molar refractivity (Wildman–Crippen MR) is 65.2 cm³/mol. The Labute approximate surface area is 98.6 Å². The third-order valence-corrected chi connectivity index (χ3v) is 5.72. The SMILES string of the molecule is C1CC(NC2C3CC4CC(C3)CC2C4)CN1. The van der Waals surface area contributed by atoms with Crippen LogP contribution in [-0.2, 0) is 0 Å². The van der Waals surface area contributed by atoms with Crippen LogP contribution >= 0.6 is 0 Å². The normalized spacial score (nSPS) is 54.8. The number of rotatable bonds is 2. The smallest absolute Gasteiger partial charge is 0.0207 e. The van der Waals surface area contributed by atoms with Gasteiger partial charge in [-0.15, -0.1) is 0 Å². The maximum absolute atomic E-state index is 4.00. The first kappa shape index (κ1) is 9.90. The predicted octanol–water partition coefficient (Wildman–Crippen LogP) is 1.76. The molecule has 2 nitrogen and oxygen atoms in total.